The third kappa shape index (κ3) is 5.24. The van der Waals surface area contributed by atoms with E-state index in [0.717, 1.165) is 12.2 Å². The van der Waals surface area contributed by atoms with Crippen molar-refractivity contribution in [3.63, 3.8) is 0 Å². The Bertz CT molecular complexity index is 575. The van der Waals surface area contributed by atoms with E-state index >= 15 is 0 Å². The van der Waals surface area contributed by atoms with Crippen molar-refractivity contribution in [3.05, 3.63) is 65.7 Å². The van der Waals surface area contributed by atoms with Crippen molar-refractivity contribution >= 4 is 12.4 Å². The molecule has 0 fully saturated rings. The van der Waals surface area contributed by atoms with Crippen molar-refractivity contribution in [2.24, 2.45) is 11.7 Å². The largest absolute Gasteiger partial charge is 0.497 e. The van der Waals surface area contributed by atoms with E-state index in [1.807, 2.05) is 18.2 Å². The van der Waals surface area contributed by atoms with E-state index in [1.165, 1.54) is 11.1 Å². The van der Waals surface area contributed by atoms with Gasteiger partial charge in [0.25, 0.3) is 0 Å². The standard InChI is InChI=1S/C19H26N2O.ClH/c1-21(2)19(16-10-7-11-18(13-16)22-3)17(14-20)12-15-8-5-4-6-9-15;/h4-11,13,17,19H,12,14,20H2,1-3H3;1H/t17-,19+;/m0./s1. The molecular formula is C19H27ClN2O. The van der Waals surface area contributed by atoms with E-state index in [0.29, 0.717) is 12.5 Å². The maximum atomic E-state index is 6.11. The number of hydrogen-bond acceptors (Lipinski definition) is 3. The first kappa shape index (κ1) is 19.5. The van der Waals surface area contributed by atoms with Gasteiger partial charge in [0.05, 0.1) is 7.11 Å². The fourth-order valence-corrected chi connectivity index (χ4v) is 3.06. The third-order valence-corrected chi connectivity index (χ3v) is 4.08. The van der Waals surface area contributed by atoms with E-state index in [-0.39, 0.29) is 18.4 Å². The third-order valence-electron chi connectivity index (χ3n) is 4.08. The monoisotopic (exact) mass is 334 g/mol. The van der Waals surface area contributed by atoms with Crippen molar-refractivity contribution in [1.29, 1.82) is 0 Å². The Morgan fingerprint density at radius 1 is 1.04 bits per heavy atom. The lowest BCUT2D eigenvalue weighted by molar-refractivity contribution is 0.213. The van der Waals surface area contributed by atoms with Crippen LogP contribution in [0.4, 0.5) is 0 Å². The van der Waals surface area contributed by atoms with Crippen LogP contribution in [-0.4, -0.2) is 32.6 Å². The van der Waals surface area contributed by atoms with Crippen LogP contribution in [0.25, 0.3) is 0 Å². The highest BCUT2D eigenvalue weighted by Crippen LogP contribution is 2.31. The van der Waals surface area contributed by atoms with Crippen LogP contribution in [0.15, 0.2) is 54.6 Å². The Kier molecular flexibility index (Phi) is 8.10. The SMILES string of the molecule is COc1cccc([C@H]([C@H](CN)Cc2ccccc2)N(C)C)c1.Cl. The van der Waals surface area contributed by atoms with E-state index in [4.69, 9.17) is 10.5 Å². The fraction of sp³-hybridized carbons (Fsp3) is 0.368. The van der Waals surface area contributed by atoms with Crippen LogP contribution in [0.1, 0.15) is 17.2 Å². The van der Waals surface area contributed by atoms with Gasteiger partial charge in [0, 0.05) is 6.04 Å². The maximum absolute atomic E-state index is 6.11. The van der Waals surface area contributed by atoms with Gasteiger partial charge in [-0.05, 0) is 56.2 Å². The predicted octanol–water partition coefficient (Wildman–Crippen LogP) is 3.54. The minimum absolute atomic E-state index is 0. The van der Waals surface area contributed by atoms with Gasteiger partial charge >= 0.3 is 0 Å². The molecule has 0 bridgehead atoms. The molecule has 2 aromatic carbocycles. The molecule has 0 amide bonds. The van der Waals surface area contributed by atoms with Crippen LogP contribution in [0.5, 0.6) is 5.75 Å². The lowest BCUT2D eigenvalue weighted by atomic mass is 9.87. The molecule has 3 nitrogen and oxygen atoms in total. The summed E-state index contributed by atoms with van der Waals surface area (Å²) in [6, 6.07) is 19.1. The van der Waals surface area contributed by atoms with Crippen molar-refractivity contribution in [3.8, 4) is 5.75 Å². The lowest BCUT2D eigenvalue weighted by Gasteiger charge is -2.32. The molecule has 126 valence electrons. The molecule has 0 aliphatic carbocycles. The van der Waals surface area contributed by atoms with Crippen molar-refractivity contribution in [2.75, 3.05) is 27.7 Å². The summed E-state index contributed by atoms with van der Waals surface area (Å²) in [6.07, 6.45) is 0.970. The molecule has 2 atom stereocenters. The highest BCUT2D eigenvalue weighted by atomic mass is 35.5. The quantitative estimate of drug-likeness (QED) is 0.841. The molecular weight excluding hydrogens is 308 g/mol. The molecule has 0 saturated heterocycles. The molecule has 0 aromatic heterocycles. The molecule has 4 heteroatoms. The average molecular weight is 335 g/mol. The Labute approximate surface area is 145 Å². The van der Waals surface area contributed by atoms with Crippen LogP contribution in [-0.2, 0) is 6.42 Å². The minimum Gasteiger partial charge on any atom is -0.497 e. The molecule has 2 aromatic rings. The van der Waals surface area contributed by atoms with Gasteiger partial charge in [0.1, 0.15) is 5.75 Å². The number of rotatable bonds is 7. The zero-order valence-electron chi connectivity index (χ0n) is 14.1. The molecule has 0 radical (unpaired) electrons. The Balaban J connectivity index is 0.00000264. The zero-order valence-corrected chi connectivity index (χ0v) is 14.9. The molecule has 2 rings (SSSR count). The summed E-state index contributed by atoms with van der Waals surface area (Å²) in [5.41, 5.74) is 8.68. The highest BCUT2D eigenvalue weighted by molar-refractivity contribution is 5.85. The van der Waals surface area contributed by atoms with Gasteiger partial charge in [-0.25, -0.2) is 0 Å². The van der Waals surface area contributed by atoms with Gasteiger partial charge < -0.3 is 15.4 Å². The fourth-order valence-electron chi connectivity index (χ4n) is 3.06. The van der Waals surface area contributed by atoms with Gasteiger partial charge in [-0.1, -0.05) is 42.5 Å². The summed E-state index contributed by atoms with van der Waals surface area (Å²) in [6.45, 7) is 0.648. The average Bonchev–Trinajstić information content (AvgIpc) is 2.55. The summed E-state index contributed by atoms with van der Waals surface area (Å²) in [4.78, 5) is 2.25. The predicted molar refractivity (Wildman–Crippen MR) is 99.4 cm³/mol. The summed E-state index contributed by atoms with van der Waals surface area (Å²) in [7, 11) is 5.92. The van der Waals surface area contributed by atoms with Crippen molar-refractivity contribution in [2.45, 2.75) is 12.5 Å². The first-order chi connectivity index (χ1) is 10.7. The van der Waals surface area contributed by atoms with Crippen molar-refractivity contribution < 1.29 is 4.74 Å². The zero-order chi connectivity index (χ0) is 15.9. The van der Waals surface area contributed by atoms with E-state index < -0.39 is 0 Å². The van der Waals surface area contributed by atoms with Crippen LogP contribution in [0, 0.1) is 5.92 Å². The minimum atomic E-state index is 0. The molecule has 0 saturated carbocycles. The summed E-state index contributed by atoms with van der Waals surface area (Å²) < 4.78 is 5.37. The summed E-state index contributed by atoms with van der Waals surface area (Å²) >= 11 is 0. The van der Waals surface area contributed by atoms with Crippen LogP contribution < -0.4 is 10.5 Å². The molecule has 2 N–H and O–H groups in total. The molecule has 0 aliphatic rings. The molecule has 0 aliphatic heterocycles. The number of ether oxygens (including phenoxy) is 1. The van der Waals surface area contributed by atoms with E-state index in [9.17, 15) is 0 Å². The number of halogens is 1. The normalized spacial score (nSPS) is 13.3. The molecule has 0 unspecified atom stereocenters. The van der Waals surface area contributed by atoms with Gasteiger partial charge in [-0.2, -0.15) is 0 Å². The number of nitrogens with zero attached hydrogens (tertiary/aromatic N) is 1. The van der Waals surface area contributed by atoms with Gasteiger partial charge in [0.15, 0.2) is 0 Å². The Morgan fingerprint density at radius 2 is 1.74 bits per heavy atom. The summed E-state index contributed by atoms with van der Waals surface area (Å²) in [5, 5.41) is 0. The second kappa shape index (κ2) is 9.56. The lowest BCUT2D eigenvalue weighted by Crippen LogP contribution is -2.33. The number of methoxy groups -OCH3 is 1. The van der Waals surface area contributed by atoms with E-state index in [1.54, 1.807) is 7.11 Å². The molecule has 0 heterocycles. The van der Waals surface area contributed by atoms with Gasteiger partial charge in [-0.15, -0.1) is 12.4 Å². The second-order valence-electron chi connectivity index (χ2n) is 5.87. The highest BCUT2D eigenvalue weighted by Gasteiger charge is 2.24. The van der Waals surface area contributed by atoms with Crippen LogP contribution in [0.2, 0.25) is 0 Å². The number of nitrogens with two attached hydrogens (primary N) is 1. The van der Waals surface area contributed by atoms with Gasteiger partial charge in [0.2, 0.25) is 0 Å². The topological polar surface area (TPSA) is 38.5 Å². The first-order valence-corrected chi connectivity index (χ1v) is 7.70. The van der Waals surface area contributed by atoms with Crippen molar-refractivity contribution in [1.82, 2.24) is 4.90 Å². The van der Waals surface area contributed by atoms with Crippen LogP contribution in [0.3, 0.4) is 0 Å². The second-order valence-corrected chi connectivity index (χ2v) is 5.87. The number of hydrogen-bond donors (Lipinski definition) is 1. The maximum Gasteiger partial charge on any atom is 0.119 e. The molecule has 0 spiro atoms. The first-order valence-electron chi connectivity index (χ1n) is 7.70. The van der Waals surface area contributed by atoms with E-state index in [2.05, 4.69) is 55.4 Å². The van der Waals surface area contributed by atoms with Gasteiger partial charge in [-0.3, -0.25) is 0 Å². The smallest absolute Gasteiger partial charge is 0.119 e. The Morgan fingerprint density at radius 3 is 2.30 bits per heavy atom. The van der Waals surface area contributed by atoms with Crippen LogP contribution >= 0.6 is 12.4 Å². The Hall–Kier alpha value is -1.55. The number of benzene rings is 2. The summed E-state index contributed by atoms with van der Waals surface area (Å²) in [5.74, 6) is 1.24. The molecule has 23 heavy (non-hydrogen) atoms.